The molecule has 1 aliphatic rings. The summed E-state index contributed by atoms with van der Waals surface area (Å²) in [7, 11) is 0. The third-order valence-corrected chi connectivity index (χ3v) is 4.60. The summed E-state index contributed by atoms with van der Waals surface area (Å²) in [5, 5.41) is 13.3. The molecule has 9 nitrogen and oxygen atoms in total. The number of carbonyl (C=O) groups excluding carboxylic acids is 3. The minimum absolute atomic E-state index is 0.0845. The molecule has 3 aromatic rings. The highest BCUT2D eigenvalue weighted by Crippen LogP contribution is 2.30. The van der Waals surface area contributed by atoms with Gasteiger partial charge in [0.05, 0.1) is 21.7 Å². The van der Waals surface area contributed by atoms with E-state index in [1.165, 1.54) is 42.5 Å². The lowest BCUT2D eigenvalue weighted by molar-refractivity contribution is -0.384. The fourth-order valence-corrected chi connectivity index (χ4v) is 3.14. The number of anilines is 2. The lowest BCUT2D eigenvalue weighted by Crippen LogP contribution is -2.29. The number of imide groups is 1. The molecule has 0 spiro atoms. The number of para-hydroxylation sites is 1. The molecule has 0 aliphatic carbocycles. The minimum atomic E-state index is -0.532. The molecule has 154 valence electrons. The number of benzene rings is 3. The van der Waals surface area contributed by atoms with Gasteiger partial charge in [0.25, 0.3) is 23.4 Å². The largest absolute Gasteiger partial charge is 0.484 e. The third kappa shape index (κ3) is 3.97. The van der Waals surface area contributed by atoms with Crippen molar-refractivity contribution in [2.75, 3.05) is 16.8 Å². The first-order valence-corrected chi connectivity index (χ1v) is 9.19. The Balaban J connectivity index is 1.42. The van der Waals surface area contributed by atoms with Crippen LogP contribution in [0.15, 0.2) is 72.8 Å². The van der Waals surface area contributed by atoms with Crippen molar-refractivity contribution in [1.82, 2.24) is 0 Å². The topological polar surface area (TPSA) is 119 Å². The normalized spacial score (nSPS) is 12.5. The van der Waals surface area contributed by atoms with E-state index in [9.17, 15) is 24.5 Å². The molecule has 3 aromatic carbocycles. The molecular weight excluding hydrogens is 402 g/mol. The predicted molar refractivity (Wildman–Crippen MR) is 111 cm³/mol. The Morgan fingerprint density at radius 1 is 0.935 bits per heavy atom. The number of amides is 3. The van der Waals surface area contributed by atoms with Crippen molar-refractivity contribution in [2.24, 2.45) is 0 Å². The number of nitro benzene ring substituents is 1. The number of ether oxygens (including phenoxy) is 1. The van der Waals surface area contributed by atoms with Gasteiger partial charge in [-0.2, -0.15) is 0 Å². The van der Waals surface area contributed by atoms with Gasteiger partial charge < -0.3 is 10.1 Å². The monoisotopic (exact) mass is 417 g/mol. The molecule has 0 saturated heterocycles. The second-order valence-corrected chi connectivity index (χ2v) is 6.63. The first kappa shape index (κ1) is 19.8. The summed E-state index contributed by atoms with van der Waals surface area (Å²) in [5.41, 5.74) is 1.18. The summed E-state index contributed by atoms with van der Waals surface area (Å²) in [6, 6.07) is 18.4. The quantitative estimate of drug-likeness (QED) is 0.373. The molecule has 31 heavy (non-hydrogen) atoms. The Kier molecular flexibility index (Phi) is 5.15. The molecule has 0 aromatic heterocycles. The number of nitrogens with one attached hydrogen (secondary N) is 1. The van der Waals surface area contributed by atoms with Crippen molar-refractivity contribution in [3.63, 3.8) is 0 Å². The van der Waals surface area contributed by atoms with Crippen LogP contribution in [0, 0.1) is 10.1 Å². The van der Waals surface area contributed by atoms with Crippen LogP contribution in [-0.2, 0) is 4.79 Å². The number of hydrogen-bond donors (Lipinski definition) is 1. The van der Waals surface area contributed by atoms with Crippen LogP contribution in [0.1, 0.15) is 20.7 Å². The smallest absolute Gasteiger partial charge is 0.269 e. The van der Waals surface area contributed by atoms with Gasteiger partial charge >= 0.3 is 0 Å². The van der Waals surface area contributed by atoms with Crippen LogP contribution < -0.4 is 15.0 Å². The molecule has 1 aliphatic heterocycles. The molecule has 0 bridgehead atoms. The van der Waals surface area contributed by atoms with Gasteiger partial charge in [-0.15, -0.1) is 0 Å². The SMILES string of the molecule is O=C(COc1ccc([N+](=O)[O-])cc1)Nc1ccc2c(c1)C(=O)N(c1ccccc1)C2=O. The van der Waals surface area contributed by atoms with Crippen LogP contribution in [0.3, 0.4) is 0 Å². The summed E-state index contributed by atoms with van der Waals surface area (Å²) in [4.78, 5) is 48.8. The number of rotatable bonds is 6. The summed E-state index contributed by atoms with van der Waals surface area (Å²) in [6.07, 6.45) is 0. The van der Waals surface area contributed by atoms with Crippen molar-refractivity contribution in [3.05, 3.63) is 94.0 Å². The van der Waals surface area contributed by atoms with E-state index in [4.69, 9.17) is 4.74 Å². The third-order valence-electron chi connectivity index (χ3n) is 4.60. The summed E-state index contributed by atoms with van der Waals surface area (Å²) in [5.74, 6) is -1.08. The predicted octanol–water partition coefficient (Wildman–Crippen LogP) is 3.41. The van der Waals surface area contributed by atoms with Gasteiger partial charge in [-0.05, 0) is 42.5 Å². The van der Waals surface area contributed by atoms with E-state index in [0.717, 1.165) is 4.90 Å². The van der Waals surface area contributed by atoms with Crippen molar-refractivity contribution in [3.8, 4) is 5.75 Å². The Hall–Kier alpha value is -4.53. The molecule has 0 unspecified atom stereocenters. The molecule has 0 fully saturated rings. The van der Waals surface area contributed by atoms with Gasteiger partial charge in [0.1, 0.15) is 5.75 Å². The van der Waals surface area contributed by atoms with E-state index in [1.54, 1.807) is 30.3 Å². The van der Waals surface area contributed by atoms with Crippen molar-refractivity contribution in [2.45, 2.75) is 0 Å². The van der Waals surface area contributed by atoms with E-state index in [-0.39, 0.29) is 23.4 Å². The Bertz CT molecular complexity index is 1190. The number of non-ortho nitro benzene ring substituents is 1. The van der Waals surface area contributed by atoms with Crippen LogP contribution in [0.4, 0.5) is 17.1 Å². The lowest BCUT2D eigenvalue weighted by Gasteiger charge is -2.13. The zero-order valence-electron chi connectivity index (χ0n) is 16.0. The van der Waals surface area contributed by atoms with Crippen molar-refractivity contribution < 1.29 is 24.0 Å². The molecule has 1 N–H and O–H groups in total. The van der Waals surface area contributed by atoms with Gasteiger partial charge in [-0.1, -0.05) is 18.2 Å². The molecule has 3 amide bonds. The first-order valence-electron chi connectivity index (χ1n) is 9.19. The van der Waals surface area contributed by atoms with Crippen LogP contribution >= 0.6 is 0 Å². The molecule has 1 heterocycles. The Labute approximate surface area is 176 Å². The van der Waals surface area contributed by atoms with E-state index in [0.29, 0.717) is 17.1 Å². The van der Waals surface area contributed by atoms with Gasteiger partial charge in [0, 0.05) is 17.8 Å². The average molecular weight is 417 g/mol. The standard InChI is InChI=1S/C22H15N3O6/c26-20(13-31-17-9-7-16(8-10-17)25(29)30)23-14-6-11-18-19(12-14)22(28)24(21(18)27)15-4-2-1-3-5-15/h1-12H,13H2,(H,23,26). The zero-order valence-corrected chi connectivity index (χ0v) is 16.0. The molecule has 0 radical (unpaired) electrons. The number of fused-ring (bicyclic) bond motifs is 1. The fraction of sp³-hybridized carbons (Fsp3) is 0.0455. The highest BCUT2D eigenvalue weighted by atomic mass is 16.6. The zero-order chi connectivity index (χ0) is 22.0. The van der Waals surface area contributed by atoms with E-state index in [2.05, 4.69) is 5.32 Å². The Morgan fingerprint density at radius 3 is 2.29 bits per heavy atom. The van der Waals surface area contributed by atoms with Crippen molar-refractivity contribution in [1.29, 1.82) is 0 Å². The van der Waals surface area contributed by atoms with E-state index in [1.807, 2.05) is 0 Å². The average Bonchev–Trinajstić information content (AvgIpc) is 3.02. The number of hydrogen-bond acceptors (Lipinski definition) is 6. The van der Waals surface area contributed by atoms with Crippen LogP contribution in [0.2, 0.25) is 0 Å². The van der Waals surface area contributed by atoms with Gasteiger partial charge in [-0.25, -0.2) is 4.90 Å². The first-order chi connectivity index (χ1) is 14.9. The van der Waals surface area contributed by atoms with Gasteiger partial charge in [0.2, 0.25) is 0 Å². The molecule has 4 rings (SSSR count). The summed E-state index contributed by atoms with van der Waals surface area (Å²) < 4.78 is 5.32. The fourth-order valence-electron chi connectivity index (χ4n) is 3.14. The maximum absolute atomic E-state index is 12.8. The Morgan fingerprint density at radius 2 is 1.61 bits per heavy atom. The maximum atomic E-state index is 12.8. The number of carbonyl (C=O) groups is 3. The van der Waals surface area contributed by atoms with Gasteiger partial charge in [0.15, 0.2) is 6.61 Å². The van der Waals surface area contributed by atoms with E-state index < -0.39 is 22.6 Å². The lowest BCUT2D eigenvalue weighted by atomic mass is 10.1. The highest BCUT2D eigenvalue weighted by molar-refractivity contribution is 6.34. The second kappa shape index (κ2) is 8.07. The van der Waals surface area contributed by atoms with Crippen LogP contribution in [0.25, 0.3) is 0 Å². The van der Waals surface area contributed by atoms with Gasteiger partial charge in [-0.3, -0.25) is 24.5 Å². The van der Waals surface area contributed by atoms with Crippen LogP contribution in [-0.4, -0.2) is 29.3 Å². The summed E-state index contributed by atoms with van der Waals surface area (Å²) in [6.45, 7) is -0.335. The minimum Gasteiger partial charge on any atom is -0.484 e. The molecule has 9 heteroatoms. The summed E-state index contributed by atoms with van der Waals surface area (Å²) >= 11 is 0. The number of nitro groups is 1. The number of nitrogens with zero attached hydrogens (tertiary/aromatic N) is 2. The van der Waals surface area contributed by atoms with Crippen molar-refractivity contribution >= 4 is 34.8 Å². The van der Waals surface area contributed by atoms with E-state index >= 15 is 0 Å². The molecule has 0 saturated carbocycles. The maximum Gasteiger partial charge on any atom is 0.269 e. The van der Waals surface area contributed by atoms with Crippen LogP contribution in [0.5, 0.6) is 5.75 Å². The highest BCUT2D eigenvalue weighted by Gasteiger charge is 2.36. The molecule has 0 atom stereocenters. The second-order valence-electron chi connectivity index (χ2n) is 6.63. The molecular formula is C22H15N3O6.